The number of rotatable bonds is 8. The third kappa shape index (κ3) is 5.91. The van der Waals surface area contributed by atoms with Crippen molar-refractivity contribution in [2.45, 2.75) is 18.3 Å². The van der Waals surface area contributed by atoms with E-state index in [9.17, 15) is 9.90 Å². The molecular formula is C16H19NO2S2. The van der Waals surface area contributed by atoms with Crippen molar-refractivity contribution < 1.29 is 9.90 Å². The maximum absolute atomic E-state index is 11.7. The van der Waals surface area contributed by atoms with E-state index in [1.165, 1.54) is 16.9 Å². The fourth-order valence-electron chi connectivity index (χ4n) is 1.86. The smallest absolute Gasteiger partial charge is 0.230 e. The van der Waals surface area contributed by atoms with Crippen molar-refractivity contribution in [3.63, 3.8) is 0 Å². The van der Waals surface area contributed by atoms with Gasteiger partial charge in [-0.2, -0.15) is 0 Å². The highest BCUT2D eigenvalue weighted by Crippen LogP contribution is 2.20. The van der Waals surface area contributed by atoms with Gasteiger partial charge in [-0.3, -0.25) is 4.79 Å². The molecule has 21 heavy (non-hydrogen) atoms. The molecule has 1 amide bonds. The van der Waals surface area contributed by atoms with E-state index < -0.39 is 6.10 Å². The molecule has 0 saturated heterocycles. The number of benzene rings is 1. The minimum atomic E-state index is -0.484. The van der Waals surface area contributed by atoms with Crippen LogP contribution in [0.3, 0.4) is 0 Å². The maximum atomic E-state index is 11.7. The normalized spacial score (nSPS) is 12.0. The molecule has 112 valence electrons. The molecule has 0 radical (unpaired) electrons. The van der Waals surface area contributed by atoms with Crippen LogP contribution in [0.4, 0.5) is 0 Å². The van der Waals surface area contributed by atoms with Crippen LogP contribution in [0.25, 0.3) is 0 Å². The molecule has 0 spiro atoms. The fraction of sp³-hybridized carbons (Fsp3) is 0.312. The zero-order chi connectivity index (χ0) is 14.9. The summed E-state index contributed by atoms with van der Waals surface area (Å²) in [6.07, 6.45) is 0.0672. The van der Waals surface area contributed by atoms with E-state index >= 15 is 0 Å². The lowest BCUT2D eigenvalue weighted by atomic mass is 10.2. The van der Waals surface area contributed by atoms with Gasteiger partial charge in [0.25, 0.3) is 0 Å². The van der Waals surface area contributed by atoms with Gasteiger partial charge < -0.3 is 10.4 Å². The molecule has 1 aromatic carbocycles. The van der Waals surface area contributed by atoms with Gasteiger partial charge in [0.05, 0.1) is 11.9 Å². The van der Waals surface area contributed by atoms with Crippen molar-refractivity contribution >= 4 is 29.0 Å². The number of hydrogen-bond donors (Lipinski definition) is 2. The Bertz CT molecular complexity index is 528. The van der Waals surface area contributed by atoms with Crippen molar-refractivity contribution in [1.29, 1.82) is 0 Å². The van der Waals surface area contributed by atoms with Crippen molar-refractivity contribution in [3.8, 4) is 0 Å². The Morgan fingerprint density at radius 1 is 1.24 bits per heavy atom. The first kappa shape index (κ1) is 16.1. The molecule has 0 fully saturated rings. The lowest BCUT2D eigenvalue weighted by Crippen LogP contribution is -2.27. The van der Waals surface area contributed by atoms with E-state index in [1.54, 1.807) is 11.8 Å². The molecule has 1 unspecified atom stereocenters. The van der Waals surface area contributed by atoms with E-state index in [0.29, 0.717) is 18.7 Å². The van der Waals surface area contributed by atoms with Crippen molar-refractivity contribution in [3.05, 3.63) is 58.3 Å². The SMILES string of the molecule is O=C(CSCc1ccccc1)NCCC(O)c1cccs1. The number of hydrogen-bond acceptors (Lipinski definition) is 4. The third-order valence-corrected chi connectivity index (χ3v) is 4.93. The van der Waals surface area contributed by atoms with Gasteiger partial charge in [-0.25, -0.2) is 0 Å². The summed E-state index contributed by atoms with van der Waals surface area (Å²) in [5.74, 6) is 1.31. The van der Waals surface area contributed by atoms with E-state index in [2.05, 4.69) is 17.4 Å². The number of carbonyl (C=O) groups is 1. The lowest BCUT2D eigenvalue weighted by molar-refractivity contribution is -0.118. The van der Waals surface area contributed by atoms with E-state index in [0.717, 1.165) is 10.6 Å². The number of carbonyl (C=O) groups excluding carboxylic acids is 1. The lowest BCUT2D eigenvalue weighted by Gasteiger charge is -2.09. The second-order valence-electron chi connectivity index (χ2n) is 4.65. The Labute approximate surface area is 133 Å². The molecule has 0 saturated carbocycles. The summed E-state index contributed by atoms with van der Waals surface area (Å²) >= 11 is 3.13. The standard InChI is InChI=1S/C16H19NO2S2/c18-14(15-7-4-10-21-15)8-9-17-16(19)12-20-11-13-5-2-1-3-6-13/h1-7,10,14,18H,8-9,11-12H2,(H,17,19). The predicted octanol–water partition coefficient (Wildman–Crippen LogP) is 3.22. The van der Waals surface area contributed by atoms with Gasteiger partial charge in [0.2, 0.25) is 5.91 Å². The predicted molar refractivity (Wildman–Crippen MR) is 89.5 cm³/mol. The highest BCUT2D eigenvalue weighted by Gasteiger charge is 2.09. The maximum Gasteiger partial charge on any atom is 0.230 e. The van der Waals surface area contributed by atoms with Crippen LogP contribution in [0.2, 0.25) is 0 Å². The number of nitrogens with one attached hydrogen (secondary N) is 1. The quantitative estimate of drug-likeness (QED) is 0.785. The number of thioether (sulfide) groups is 1. The minimum Gasteiger partial charge on any atom is -0.388 e. The van der Waals surface area contributed by atoms with Gasteiger partial charge >= 0.3 is 0 Å². The van der Waals surface area contributed by atoms with Crippen molar-refractivity contribution in [1.82, 2.24) is 5.32 Å². The molecule has 0 aliphatic carbocycles. The van der Waals surface area contributed by atoms with Crippen LogP contribution in [0, 0.1) is 0 Å². The Balaban J connectivity index is 1.57. The van der Waals surface area contributed by atoms with Crippen molar-refractivity contribution in [2.24, 2.45) is 0 Å². The molecule has 2 aromatic rings. The second-order valence-corrected chi connectivity index (χ2v) is 6.61. The highest BCUT2D eigenvalue weighted by molar-refractivity contribution is 7.99. The van der Waals surface area contributed by atoms with Crippen molar-refractivity contribution in [2.75, 3.05) is 12.3 Å². The summed E-state index contributed by atoms with van der Waals surface area (Å²) in [6, 6.07) is 13.9. The van der Waals surface area contributed by atoms with Gasteiger partial charge in [0.1, 0.15) is 0 Å². The van der Waals surface area contributed by atoms with Crippen LogP contribution in [-0.2, 0) is 10.5 Å². The average Bonchev–Trinajstić information content (AvgIpc) is 3.02. The Morgan fingerprint density at radius 3 is 2.76 bits per heavy atom. The summed E-state index contributed by atoms with van der Waals surface area (Å²) in [4.78, 5) is 12.6. The summed E-state index contributed by atoms with van der Waals surface area (Å²) in [5.41, 5.74) is 1.23. The van der Waals surface area contributed by atoms with Crippen LogP contribution < -0.4 is 5.32 Å². The van der Waals surface area contributed by atoms with Gasteiger partial charge in [-0.05, 0) is 23.4 Å². The molecule has 3 nitrogen and oxygen atoms in total. The van der Waals surface area contributed by atoms with Gasteiger partial charge in [-0.1, -0.05) is 36.4 Å². The number of aliphatic hydroxyl groups is 1. The van der Waals surface area contributed by atoms with E-state index in [1.807, 2.05) is 35.7 Å². The van der Waals surface area contributed by atoms with Gasteiger partial charge in [-0.15, -0.1) is 23.1 Å². The average molecular weight is 321 g/mol. The first-order valence-corrected chi connectivity index (χ1v) is 8.89. The van der Waals surface area contributed by atoms with E-state index in [4.69, 9.17) is 0 Å². The van der Waals surface area contributed by atoms with Gasteiger partial charge in [0.15, 0.2) is 0 Å². The first-order chi connectivity index (χ1) is 10.3. The zero-order valence-electron chi connectivity index (χ0n) is 11.7. The number of aliphatic hydroxyl groups excluding tert-OH is 1. The summed E-state index contributed by atoms with van der Waals surface area (Å²) in [5, 5.41) is 14.7. The minimum absolute atomic E-state index is 0.0225. The topological polar surface area (TPSA) is 49.3 Å². The molecule has 0 bridgehead atoms. The Hall–Kier alpha value is -1.30. The van der Waals surface area contributed by atoms with Gasteiger partial charge in [0, 0.05) is 17.2 Å². The molecule has 0 aliphatic rings. The molecule has 5 heteroatoms. The molecule has 2 rings (SSSR count). The molecule has 2 N–H and O–H groups in total. The molecule has 1 heterocycles. The molecule has 1 atom stereocenters. The zero-order valence-corrected chi connectivity index (χ0v) is 13.3. The summed E-state index contributed by atoms with van der Waals surface area (Å²) in [7, 11) is 0. The molecular weight excluding hydrogens is 302 g/mol. The first-order valence-electron chi connectivity index (χ1n) is 6.85. The number of thiophene rings is 1. The number of amides is 1. The molecule has 1 aromatic heterocycles. The van der Waals surface area contributed by atoms with E-state index in [-0.39, 0.29) is 5.91 Å². The highest BCUT2D eigenvalue weighted by atomic mass is 32.2. The molecule has 0 aliphatic heterocycles. The fourth-order valence-corrected chi connectivity index (χ4v) is 3.42. The van der Waals surface area contributed by atoms with Crippen LogP contribution in [-0.4, -0.2) is 23.3 Å². The Morgan fingerprint density at radius 2 is 2.05 bits per heavy atom. The second kappa shape index (κ2) is 8.87. The summed E-state index contributed by atoms with van der Waals surface area (Å²) < 4.78 is 0. The third-order valence-electron chi connectivity index (χ3n) is 2.96. The van der Waals surface area contributed by atoms with Crippen LogP contribution in [0.1, 0.15) is 23.0 Å². The van der Waals surface area contributed by atoms with Crippen LogP contribution in [0.5, 0.6) is 0 Å². The monoisotopic (exact) mass is 321 g/mol. The largest absolute Gasteiger partial charge is 0.388 e. The Kier molecular flexibility index (Phi) is 6.79. The van der Waals surface area contributed by atoms with Crippen LogP contribution >= 0.6 is 23.1 Å². The van der Waals surface area contributed by atoms with Crippen LogP contribution in [0.15, 0.2) is 47.8 Å². The summed E-state index contributed by atoms with van der Waals surface area (Å²) in [6.45, 7) is 0.504.